The molecule has 1 aromatic heterocycles. The van der Waals surface area contributed by atoms with Crippen molar-refractivity contribution >= 4 is 32.5 Å². The van der Waals surface area contributed by atoms with Crippen molar-refractivity contribution in [3.05, 3.63) is 38.6 Å². The van der Waals surface area contributed by atoms with E-state index in [2.05, 4.69) is 32.3 Å². The highest BCUT2D eigenvalue weighted by Crippen LogP contribution is 2.30. The fourth-order valence-corrected chi connectivity index (χ4v) is 4.07. The summed E-state index contributed by atoms with van der Waals surface area (Å²) in [7, 11) is 1.69. The third-order valence-corrected chi connectivity index (χ3v) is 5.25. The van der Waals surface area contributed by atoms with Crippen LogP contribution in [0.15, 0.2) is 27.5 Å². The van der Waals surface area contributed by atoms with Gasteiger partial charge >= 0.3 is 0 Å². The zero-order valence-electron chi connectivity index (χ0n) is 14.7. The summed E-state index contributed by atoms with van der Waals surface area (Å²) in [5.74, 6) is 0. The minimum Gasteiger partial charge on any atom is -0.382 e. The zero-order chi connectivity index (χ0) is 17.8. The summed E-state index contributed by atoms with van der Waals surface area (Å²) in [6, 6.07) is 6.10. The molecule has 0 spiro atoms. The number of aromatic amines is 1. The molecule has 0 aliphatic heterocycles. The van der Waals surface area contributed by atoms with Crippen molar-refractivity contribution < 1.29 is 9.47 Å². The first-order valence-electron chi connectivity index (χ1n) is 8.77. The maximum Gasteiger partial charge on any atom is 0.250 e. The zero-order valence-corrected chi connectivity index (χ0v) is 16.3. The van der Waals surface area contributed by atoms with Crippen molar-refractivity contribution in [2.45, 2.75) is 44.8 Å². The van der Waals surface area contributed by atoms with E-state index in [0.29, 0.717) is 25.4 Å². The molecule has 3 rings (SSSR count). The Labute approximate surface area is 156 Å². The van der Waals surface area contributed by atoms with E-state index >= 15 is 0 Å². The molecule has 0 saturated heterocycles. The number of nitrogens with one attached hydrogen (secondary N) is 2. The van der Waals surface area contributed by atoms with Gasteiger partial charge in [0.15, 0.2) is 0 Å². The van der Waals surface area contributed by atoms with Gasteiger partial charge in [-0.25, -0.2) is 0 Å². The first-order valence-corrected chi connectivity index (χ1v) is 9.56. The number of pyridine rings is 1. The van der Waals surface area contributed by atoms with E-state index in [-0.39, 0.29) is 5.56 Å². The lowest BCUT2D eigenvalue weighted by atomic mass is 9.92. The lowest BCUT2D eigenvalue weighted by Crippen LogP contribution is -2.30. The molecule has 6 heteroatoms. The second-order valence-corrected chi connectivity index (χ2v) is 7.59. The number of rotatable bonds is 6. The molecule has 0 amide bonds. The Morgan fingerprint density at radius 3 is 2.68 bits per heavy atom. The van der Waals surface area contributed by atoms with Crippen LogP contribution in [0.1, 0.15) is 31.2 Å². The molecular formula is C19H25BrN2O3. The molecule has 1 fully saturated rings. The van der Waals surface area contributed by atoms with Crippen molar-refractivity contribution in [2.75, 3.05) is 25.6 Å². The topological polar surface area (TPSA) is 63.4 Å². The minimum atomic E-state index is -0.0722. The number of fused-ring (bicyclic) bond motifs is 1. The number of methoxy groups -OCH3 is 1. The molecular weight excluding hydrogens is 384 g/mol. The monoisotopic (exact) mass is 408 g/mol. The Morgan fingerprint density at radius 1 is 1.20 bits per heavy atom. The van der Waals surface area contributed by atoms with Crippen LogP contribution in [0.2, 0.25) is 0 Å². The molecule has 1 aliphatic rings. The Kier molecular flexibility index (Phi) is 6.15. The molecule has 5 nitrogen and oxygen atoms in total. The third kappa shape index (κ3) is 4.63. The van der Waals surface area contributed by atoms with E-state index in [9.17, 15) is 4.79 Å². The van der Waals surface area contributed by atoms with Crippen LogP contribution in [0, 0.1) is 6.92 Å². The summed E-state index contributed by atoms with van der Waals surface area (Å²) < 4.78 is 11.9. The highest BCUT2D eigenvalue weighted by atomic mass is 79.9. The smallest absolute Gasteiger partial charge is 0.250 e. The molecule has 1 heterocycles. The number of halogens is 1. The Morgan fingerprint density at radius 2 is 1.96 bits per heavy atom. The summed E-state index contributed by atoms with van der Waals surface area (Å²) in [5, 5.41) is 4.63. The lowest BCUT2D eigenvalue weighted by Gasteiger charge is -2.30. The van der Waals surface area contributed by atoms with Gasteiger partial charge in [0, 0.05) is 34.8 Å². The first-order chi connectivity index (χ1) is 12.1. The summed E-state index contributed by atoms with van der Waals surface area (Å²) in [5.41, 5.74) is 2.79. The summed E-state index contributed by atoms with van der Waals surface area (Å²) >= 11 is 3.55. The van der Waals surface area contributed by atoms with Crippen LogP contribution >= 0.6 is 15.9 Å². The highest BCUT2D eigenvalue weighted by Gasteiger charge is 2.22. The molecule has 0 atom stereocenters. The van der Waals surface area contributed by atoms with Gasteiger partial charge in [-0.05, 0) is 50.3 Å². The van der Waals surface area contributed by atoms with Gasteiger partial charge in [-0.1, -0.05) is 15.9 Å². The third-order valence-electron chi connectivity index (χ3n) is 4.79. The normalized spacial score (nSPS) is 20.8. The Balaban J connectivity index is 1.71. The minimum absolute atomic E-state index is 0.0722. The predicted octanol–water partition coefficient (Wildman–Crippen LogP) is 3.99. The van der Waals surface area contributed by atoms with Crippen LogP contribution in [-0.2, 0) is 9.47 Å². The Bertz CT molecular complexity index is 782. The number of hydrogen-bond acceptors (Lipinski definition) is 4. The number of benzene rings is 1. The Hall–Kier alpha value is -1.37. The van der Waals surface area contributed by atoms with Crippen LogP contribution in [0.3, 0.4) is 0 Å². The van der Waals surface area contributed by atoms with E-state index < -0.39 is 0 Å². The molecule has 1 aliphatic carbocycles. The van der Waals surface area contributed by atoms with E-state index in [1.54, 1.807) is 13.2 Å². The van der Waals surface area contributed by atoms with Gasteiger partial charge in [0.1, 0.15) is 0 Å². The highest BCUT2D eigenvalue weighted by molar-refractivity contribution is 9.10. The maximum atomic E-state index is 12.0. The fraction of sp³-hybridized carbons (Fsp3) is 0.526. The van der Waals surface area contributed by atoms with Crippen LogP contribution in [-0.4, -0.2) is 37.5 Å². The van der Waals surface area contributed by atoms with E-state index in [4.69, 9.17) is 9.47 Å². The van der Waals surface area contributed by atoms with Crippen molar-refractivity contribution in [3.8, 4) is 0 Å². The average molecular weight is 409 g/mol. The summed E-state index contributed by atoms with van der Waals surface area (Å²) in [6.45, 7) is 3.31. The van der Waals surface area contributed by atoms with Gasteiger partial charge in [-0.2, -0.15) is 0 Å². The largest absolute Gasteiger partial charge is 0.382 e. The fourth-order valence-electron chi connectivity index (χ4n) is 3.50. The van der Waals surface area contributed by atoms with Crippen LogP contribution in [0.25, 0.3) is 10.9 Å². The lowest BCUT2D eigenvalue weighted by molar-refractivity contribution is -0.00154. The van der Waals surface area contributed by atoms with Crippen LogP contribution < -0.4 is 10.9 Å². The SMILES string of the molecule is COCCO[C@H]1CC[C@H](Nc2cc(=O)[nH]c3c(C)cc(Br)cc23)CC1. The van der Waals surface area contributed by atoms with Crippen molar-refractivity contribution in [3.63, 3.8) is 0 Å². The average Bonchev–Trinajstić information content (AvgIpc) is 2.58. The van der Waals surface area contributed by atoms with Gasteiger partial charge in [0.05, 0.1) is 24.8 Å². The van der Waals surface area contributed by atoms with Crippen LogP contribution in [0.5, 0.6) is 0 Å². The molecule has 0 bridgehead atoms. The number of aryl methyl sites for hydroxylation is 1. The van der Waals surface area contributed by atoms with Gasteiger partial charge < -0.3 is 19.8 Å². The van der Waals surface area contributed by atoms with Gasteiger partial charge in [-0.15, -0.1) is 0 Å². The maximum absolute atomic E-state index is 12.0. The van der Waals surface area contributed by atoms with Crippen molar-refractivity contribution in [2.24, 2.45) is 0 Å². The summed E-state index contributed by atoms with van der Waals surface area (Å²) in [6.07, 6.45) is 4.47. The quantitative estimate of drug-likeness (QED) is 0.709. The van der Waals surface area contributed by atoms with Gasteiger partial charge in [0.25, 0.3) is 0 Å². The van der Waals surface area contributed by atoms with E-state index in [1.165, 1.54) is 0 Å². The second kappa shape index (κ2) is 8.34. The van der Waals surface area contributed by atoms with Crippen molar-refractivity contribution in [1.29, 1.82) is 0 Å². The molecule has 1 saturated carbocycles. The number of hydrogen-bond donors (Lipinski definition) is 2. The number of anilines is 1. The van der Waals surface area contributed by atoms with E-state index in [1.807, 2.05) is 13.0 Å². The molecule has 1 aromatic carbocycles. The molecule has 0 unspecified atom stereocenters. The van der Waals surface area contributed by atoms with Gasteiger partial charge in [-0.3, -0.25) is 4.79 Å². The molecule has 0 radical (unpaired) electrons. The number of aromatic nitrogens is 1. The summed E-state index contributed by atoms with van der Waals surface area (Å²) in [4.78, 5) is 15.0. The first kappa shape index (κ1) is 18.4. The molecule has 2 N–H and O–H groups in total. The van der Waals surface area contributed by atoms with Crippen molar-refractivity contribution in [1.82, 2.24) is 4.98 Å². The van der Waals surface area contributed by atoms with Gasteiger partial charge in [0.2, 0.25) is 5.56 Å². The number of ether oxygens (including phenoxy) is 2. The molecule has 25 heavy (non-hydrogen) atoms. The molecule has 2 aromatic rings. The second-order valence-electron chi connectivity index (χ2n) is 6.67. The number of H-pyrrole nitrogens is 1. The van der Waals surface area contributed by atoms with E-state index in [0.717, 1.165) is 52.3 Å². The standard InChI is InChI=1S/C19H25BrN2O3/c1-12-9-13(20)10-16-17(11-18(23)22-19(12)16)21-14-3-5-15(6-4-14)25-8-7-24-2/h9-11,14-15H,3-8H2,1-2H3,(H2,21,22,23)/t14-,15-. The predicted molar refractivity (Wildman–Crippen MR) is 105 cm³/mol. The molecule has 136 valence electrons. The van der Waals surface area contributed by atoms with Crippen LogP contribution in [0.4, 0.5) is 5.69 Å².